The summed E-state index contributed by atoms with van der Waals surface area (Å²) >= 11 is 0. The van der Waals surface area contributed by atoms with Crippen molar-refractivity contribution in [2.75, 3.05) is 11.9 Å². The third-order valence-corrected chi connectivity index (χ3v) is 2.74. The Morgan fingerprint density at radius 2 is 1.95 bits per heavy atom. The van der Waals surface area contributed by atoms with Crippen molar-refractivity contribution in [1.82, 2.24) is 10.3 Å². The zero-order valence-electron chi connectivity index (χ0n) is 11.2. The molecule has 0 aliphatic carbocycles. The predicted octanol–water partition coefficient (Wildman–Crippen LogP) is 2.58. The van der Waals surface area contributed by atoms with Gasteiger partial charge in [-0.05, 0) is 36.8 Å². The number of hydrogen-bond donors (Lipinski definition) is 2. The molecule has 2 aromatic rings. The van der Waals surface area contributed by atoms with Crippen molar-refractivity contribution in [2.24, 2.45) is 0 Å². The molecule has 2 N–H and O–H groups in total. The van der Waals surface area contributed by atoms with E-state index in [4.69, 9.17) is 0 Å². The van der Waals surface area contributed by atoms with Gasteiger partial charge in [-0.2, -0.15) is 0 Å². The summed E-state index contributed by atoms with van der Waals surface area (Å²) in [6.07, 6.45) is 1.62. The second kappa shape index (κ2) is 6.65. The molecule has 0 aliphatic heterocycles. The summed E-state index contributed by atoms with van der Waals surface area (Å²) in [5.41, 5.74) is 2.07. The van der Waals surface area contributed by atoms with Crippen molar-refractivity contribution in [1.29, 1.82) is 0 Å². The minimum absolute atomic E-state index is 0.252. The highest BCUT2D eigenvalue weighted by Crippen LogP contribution is 2.06. The topological polar surface area (TPSA) is 54.0 Å². The maximum Gasteiger partial charge on any atom is 0.270 e. The van der Waals surface area contributed by atoms with Crippen LogP contribution in [-0.2, 0) is 6.54 Å². The number of nitrogens with one attached hydrogen (secondary N) is 2. The average molecular weight is 273 g/mol. The summed E-state index contributed by atoms with van der Waals surface area (Å²) in [5, 5.41) is 5.85. The Balaban J connectivity index is 1.92. The molecule has 5 heteroatoms. The highest BCUT2D eigenvalue weighted by molar-refractivity contribution is 5.92. The average Bonchev–Trinajstić information content (AvgIpc) is 2.47. The lowest BCUT2D eigenvalue weighted by Gasteiger charge is -2.06. The van der Waals surface area contributed by atoms with E-state index < -0.39 is 0 Å². The summed E-state index contributed by atoms with van der Waals surface area (Å²) in [5.74, 6) is -0.543. The van der Waals surface area contributed by atoms with Gasteiger partial charge in [-0.25, -0.2) is 9.37 Å². The largest absolute Gasteiger partial charge is 0.384 e. The predicted molar refractivity (Wildman–Crippen MR) is 76.0 cm³/mol. The molecule has 0 spiro atoms. The van der Waals surface area contributed by atoms with Crippen LogP contribution in [0.25, 0.3) is 0 Å². The molecule has 4 nitrogen and oxygen atoms in total. The Hall–Kier alpha value is -2.43. The van der Waals surface area contributed by atoms with Crippen LogP contribution in [-0.4, -0.2) is 17.4 Å². The molecule has 0 atom stereocenters. The molecule has 104 valence electrons. The quantitative estimate of drug-likeness (QED) is 0.880. The van der Waals surface area contributed by atoms with E-state index in [0.29, 0.717) is 12.2 Å². The van der Waals surface area contributed by atoms with Crippen molar-refractivity contribution >= 4 is 11.6 Å². The Kier molecular flexibility index (Phi) is 4.65. The minimum Gasteiger partial charge on any atom is -0.384 e. The molecule has 0 saturated heterocycles. The molecule has 1 heterocycles. The van der Waals surface area contributed by atoms with Crippen molar-refractivity contribution < 1.29 is 9.18 Å². The van der Waals surface area contributed by atoms with Crippen LogP contribution in [0.1, 0.15) is 23.0 Å². The fourth-order valence-corrected chi connectivity index (χ4v) is 1.71. The summed E-state index contributed by atoms with van der Waals surface area (Å²) in [4.78, 5) is 16.0. The van der Waals surface area contributed by atoms with Gasteiger partial charge in [0.15, 0.2) is 0 Å². The van der Waals surface area contributed by atoms with Gasteiger partial charge in [0.1, 0.15) is 11.5 Å². The van der Waals surface area contributed by atoms with Gasteiger partial charge in [0.05, 0.1) is 11.9 Å². The summed E-state index contributed by atoms with van der Waals surface area (Å²) in [6, 6.07) is 9.48. The van der Waals surface area contributed by atoms with Gasteiger partial charge in [-0.15, -0.1) is 0 Å². The molecule has 20 heavy (non-hydrogen) atoms. The van der Waals surface area contributed by atoms with Crippen LogP contribution in [0.3, 0.4) is 0 Å². The van der Waals surface area contributed by atoms with Crippen LogP contribution in [0, 0.1) is 5.82 Å². The molecular weight excluding hydrogens is 257 g/mol. The van der Waals surface area contributed by atoms with Gasteiger partial charge in [0.2, 0.25) is 0 Å². The maximum atomic E-state index is 12.7. The molecule has 0 aliphatic rings. The van der Waals surface area contributed by atoms with Gasteiger partial charge in [-0.3, -0.25) is 4.79 Å². The van der Waals surface area contributed by atoms with Gasteiger partial charge in [0.25, 0.3) is 5.91 Å². The maximum absolute atomic E-state index is 12.7. The van der Waals surface area contributed by atoms with Gasteiger partial charge < -0.3 is 10.6 Å². The van der Waals surface area contributed by atoms with Crippen molar-refractivity contribution in [3.05, 3.63) is 59.7 Å². The highest BCUT2D eigenvalue weighted by atomic mass is 19.1. The molecule has 0 fully saturated rings. The molecule has 0 unspecified atom stereocenters. The Labute approximate surface area is 117 Å². The molecule has 0 saturated carbocycles. The first-order valence-electron chi connectivity index (χ1n) is 6.41. The first-order valence-corrected chi connectivity index (χ1v) is 6.41. The summed E-state index contributed by atoms with van der Waals surface area (Å²) < 4.78 is 12.7. The van der Waals surface area contributed by atoms with Crippen molar-refractivity contribution in [2.45, 2.75) is 13.5 Å². The molecular formula is C15H16FN3O. The van der Waals surface area contributed by atoms with E-state index in [1.165, 1.54) is 12.1 Å². The van der Waals surface area contributed by atoms with Gasteiger partial charge in [0, 0.05) is 13.1 Å². The van der Waals surface area contributed by atoms with Crippen molar-refractivity contribution in [3.8, 4) is 0 Å². The lowest BCUT2D eigenvalue weighted by molar-refractivity contribution is 0.0946. The Morgan fingerprint density at radius 3 is 2.55 bits per heavy atom. The number of halogens is 1. The smallest absolute Gasteiger partial charge is 0.270 e. The number of hydrogen-bond acceptors (Lipinski definition) is 3. The fraction of sp³-hybridized carbons (Fsp3) is 0.200. The van der Waals surface area contributed by atoms with E-state index >= 15 is 0 Å². The first-order chi connectivity index (χ1) is 9.69. The standard InChI is InChI=1S/C15H16FN3O/c1-2-17-13-7-8-14(18-10-13)15(20)19-9-11-3-5-12(16)6-4-11/h3-8,10,17H,2,9H2,1H3,(H,19,20). The number of carbonyl (C=O) groups excluding carboxylic acids is 1. The first kappa shape index (κ1) is 14.0. The SMILES string of the molecule is CCNc1ccc(C(=O)NCc2ccc(F)cc2)nc1. The number of aromatic nitrogens is 1. The van der Waals surface area contributed by atoms with Crippen LogP contribution in [0.5, 0.6) is 0 Å². The second-order valence-corrected chi connectivity index (χ2v) is 4.27. The zero-order valence-corrected chi connectivity index (χ0v) is 11.2. The Morgan fingerprint density at radius 1 is 1.20 bits per heavy atom. The van der Waals surface area contributed by atoms with Crippen LogP contribution < -0.4 is 10.6 Å². The fourth-order valence-electron chi connectivity index (χ4n) is 1.71. The van der Waals surface area contributed by atoms with E-state index in [2.05, 4.69) is 15.6 Å². The van der Waals surface area contributed by atoms with Crippen LogP contribution in [0.2, 0.25) is 0 Å². The number of benzene rings is 1. The lowest BCUT2D eigenvalue weighted by atomic mass is 10.2. The molecule has 0 bridgehead atoms. The van der Waals surface area contributed by atoms with Gasteiger partial charge in [-0.1, -0.05) is 12.1 Å². The number of amides is 1. The second-order valence-electron chi connectivity index (χ2n) is 4.27. The van der Waals surface area contributed by atoms with E-state index in [0.717, 1.165) is 17.8 Å². The molecule has 0 radical (unpaired) electrons. The Bertz CT molecular complexity index is 567. The summed E-state index contributed by atoms with van der Waals surface area (Å²) in [7, 11) is 0. The normalized spacial score (nSPS) is 10.1. The molecule has 2 rings (SSSR count). The summed E-state index contributed by atoms with van der Waals surface area (Å²) in [6.45, 7) is 3.14. The molecule has 1 aromatic carbocycles. The number of anilines is 1. The van der Waals surface area contributed by atoms with Gasteiger partial charge >= 0.3 is 0 Å². The molecule has 1 aromatic heterocycles. The molecule has 1 amide bonds. The zero-order chi connectivity index (χ0) is 14.4. The van der Waals surface area contributed by atoms with E-state index in [1.807, 2.05) is 13.0 Å². The van der Waals surface area contributed by atoms with Crippen molar-refractivity contribution in [3.63, 3.8) is 0 Å². The van der Waals surface area contributed by atoms with E-state index in [-0.39, 0.29) is 11.7 Å². The minimum atomic E-state index is -0.291. The number of carbonyl (C=O) groups is 1. The van der Waals surface area contributed by atoms with Crippen LogP contribution >= 0.6 is 0 Å². The third kappa shape index (κ3) is 3.78. The highest BCUT2D eigenvalue weighted by Gasteiger charge is 2.06. The third-order valence-electron chi connectivity index (χ3n) is 2.74. The van der Waals surface area contributed by atoms with E-state index in [9.17, 15) is 9.18 Å². The van der Waals surface area contributed by atoms with Crippen LogP contribution in [0.15, 0.2) is 42.6 Å². The number of nitrogens with zero attached hydrogens (tertiary/aromatic N) is 1. The lowest BCUT2D eigenvalue weighted by Crippen LogP contribution is -2.23. The number of pyridine rings is 1. The van der Waals surface area contributed by atoms with E-state index in [1.54, 1.807) is 24.4 Å². The number of rotatable bonds is 5. The van der Waals surface area contributed by atoms with Crippen LogP contribution in [0.4, 0.5) is 10.1 Å². The monoisotopic (exact) mass is 273 g/mol.